The Morgan fingerprint density at radius 3 is 2.61 bits per heavy atom. The molecule has 1 aliphatic heterocycles. The minimum absolute atomic E-state index is 0.0232. The molecule has 1 aromatic heterocycles. The summed E-state index contributed by atoms with van der Waals surface area (Å²) in [6.07, 6.45) is 4.23. The molecule has 3 aromatic rings. The molecule has 5 nitrogen and oxygen atoms in total. The third kappa shape index (κ3) is 3.79. The van der Waals surface area contributed by atoms with E-state index < -0.39 is 0 Å². The summed E-state index contributed by atoms with van der Waals surface area (Å²) >= 11 is 0. The van der Waals surface area contributed by atoms with Crippen molar-refractivity contribution in [3.8, 4) is 17.0 Å². The van der Waals surface area contributed by atoms with Crippen LogP contribution in [0, 0.1) is 6.92 Å². The molecule has 1 amide bonds. The molecular weight excluding hydrogens is 350 g/mol. The van der Waals surface area contributed by atoms with Crippen LogP contribution in [-0.4, -0.2) is 17.1 Å². The second-order valence-corrected chi connectivity index (χ2v) is 7.19. The van der Waals surface area contributed by atoms with Crippen molar-refractivity contribution in [2.75, 3.05) is 11.9 Å². The van der Waals surface area contributed by atoms with Crippen LogP contribution in [0.1, 0.15) is 24.7 Å². The molecule has 0 unspecified atom stereocenters. The van der Waals surface area contributed by atoms with Crippen LogP contribution in [0.4, 0.5) is 5.69 Å². The minimum atomic E-state index is -0.0232. The van der Waals surface area contributed by atoms with Crippen LogP contribution in [0.3, 0.4) is 0 Å². The largest absolute Gasteiger partial charge is 0.494 e. The van der Waals surface area contributed by atoms with E-state index in [4.69, 9.17) is 4.74 Å². The van der Waals surface area contributed by atoms with Gasteiger partial charge in [-0.05, 0) is 44.5 Å². The average molecular weight is 376 g/mol. The van der Waals surface area contributed by atoms with Gasteiger partial charge in [0.2, 0.25) is 0 Å². The number of carbonyl (C=O) groups is 1. The lowest BCUT2D eigenvalue weighted by Gasteiger charge is -2.06. The van der Waals surface area contributed by atoms with Gasteiger partial charge in [0.25, 0.3) is 11.7 Å². The predicted molar refractivity (Wildman–Crippen MR) is 109 cm³/mol. The maximum atomic E-state index is 12.6. The van der Waals surface area contributed by atoms with Crippen molar-refractivity contribution in [3.05, 3.63) is 66.1 Å². The summed E-state index contributed by atoms with van der Waals surface area (Å²) in [6.45, 7) is 6.00. The maximum absolute atomic E-state index is 12.6. The number of ether oxygens (including phenoxy) is 1. The van der Waals surface area contributed by atoms with E-state index in [0.29, 0.717) is 13.2 Å². The van der Waals surface area contributed by atoms with E-state index >= 15 is 0 Å². The highest BCUT2D eigenvalue weighted by Gasteiger charge is 2.29. The highest BCUT2D eigenvalue weighted by atomic mass is 16.5. The Balaban J connectivity index is 1.51. The van der Waals surface area contributed by atoms with Crippen LogP contribution in [0.15, 0.2) is 54.7 Å². The van der Waals surface area contributed by atoms with Crippen molar-refractivity contribution in [2.24, 2.45) is 0 Å². The molecule has 1 N–H and O–H groups in total. The molecule has 28 heavy (non-hydrogen) atoms. The SMILES string of the molecule is CCOc1ccc(NC(=O)C[n+]2cc(-c3ccc(C)cc3)n3c2CCC3)cc1. The van der Waals surface area contributed by atoms with Crippen LogP contribution in [-0.2, 0) is 24.3 Å². The second-order valence-electron chi connectivity index (χ2n) is 7.19. The van der Waals surface area contributed by atoms with Gasteiger partial charge in [-0.25, -0.2) is 9.13 Å². The molecule has 0 bridgehead atoms. The van der Waals surface area contributed by atoms with Gasteiger partial charge < -0.3 is 10.1 Å². The van der Waals surface area contributed by atoms with Crippen molar-refractivity contribution < 1.29 is 14.1 Å². The molecule has 4 rings (SSSR count). The van der Waals surface area contributed by atoms with Crippen LogP contribution in [0.2, 0.25) is 0 Å². The standard InChI is InChI=1S/C23H25N3O2/c1-3-28-20-12-10-19(11-13-20)24-22(27)16-25-15-21(26-14-4-5-23(25)26)18-8-6-17(2)7-9-18/h6-13,15H,3-5,14,16H2,1-2H3/p+1. The Bertz CT molecular complexity index is 972. The van der Waals surface area contributed by atoms with E-state index in [1.54, 1.807) is 0 Å². The first kappa shape index (κ1) is 18.3. The molecular formula is C23H26N3O2+. The maximum Gasteiger partial charge on any atom is 0.266 e. The molecule has 1 aliphatic rings. The number of fused-ring (bicyclic) bond motifs is 1. The zero-order valence-corrected chi connectivity index (χ0v) is 16.4. The number of anilines is 1. The van der Waals surface area contributed by atoms with E-state index in [1.807, 2.05) is 31.2 Å². The van der Waals surface area contributed by atoms with Crippen molar-refractivity contribution >= 4 is 11.6 Å². The molecule has 2 aromatic carbocycles. The monoisotopic (exact) mass is 376 g/mol. The van der Waals surface area contributed by atoms with Crippen LogP contribution in [0.25, 0.3) is 11.3 Å². The van der Waals surface area contributed by atoms with Gasteiger partial charge in [0, 0.05) is 11.3 Å². The number of hydrogen-bond donors (Lipinski definition) is 1. The number of amides is 1. The number of imidazole rings is 1. The first-order chi connectivity index (χ1) is 13.6. The molecule has 0 radical (unpaired) electrons. The molecule has 0 saturated carbocycles. The zero-order chi connectivity index (χ0) is 19.5. The summed E-state index contributed by atoms with van der Waals surface area (Å²) in [6, 6.07) is 16.1. The summed E-state index contributed by atoms with van der Waals surface area (Å²) in [4.78, 5) is 12.6. The third-order valence-corrected chi connectivity index (χ3v) is 5.10. The minimum Gasteiger partial charge on any atom is -0.494 e. The third-order valence-electron chi connectivity index (χ3n) is 5.10. The van der Waals surface area contributed by atoms with E-state index in [2.05, 4.69) is 51.8 Å². The van der Waals surface area contributed by atoms with Crippen molar-refractivity contribution in [3.63, 3.8) is 0 Å². The van der Waals surface area contributed by atoms with E-state index in [-0.39, 0.29) is 5.91 Å². The molecule has 144 valence electrons. The van der Waals surface area contributed by atoms with Gasteiger partial charge in [-0.2, -0.15) is 0 Å². The van der Waals surface area contributed by atoms with Gasteiger partial charge in [-0.15, -0.1) is 0 Å². The van der Waals surface area contributed by atoms with Gasteiger partial charge in [-0.1, -0.05) is 29.8 Å². The summed E-state index contributed by atoms with van der Waals surface area (Å²) in [5, 5.41) is 2.98. The lowest BCUT2D eigenvalue weighted by molar-refractivity contribution is -0.690. The number of nitrogens with zero attached hydrogens (tertiary/aromatic N) is 2. The summed E-state index contributed by atoms with van der Waals surface area (Å²) in [5.74, 6) is 2.00. The molecule has 0 atom stereocenters. The topological polar surface area (TPSA) is 47.1 Å². The van der Waals surface area contributed by atoms with E-state index in [0.717, 1.165) is 30.8 Å². The Hall–Kier alpha value is -3.08. The number of aryl methyl sites for hydroxylation is 1. The Kier molecular flexibility index (Phi) is 5.15. The fourth-order valence-electron chi connectivity index (χ4n) is 3.76. The van der Waals surface area contributed by atoms with E-state index in [1.165, 1.54) is 22.6 Å². The quantitative estimate of drug-likeness (QED) is 0.666. The number of rotatable bonds is 6. The lowest BCUT2D eigenvalue weighted by Crippen LogP contribution is -2.42. The highest BCUT2D eigenvalue weighted by molar-refractivity contribution is 5.89. The predicted octanol–water partition coefficient (Wildman–Crippen LogP) is 3.73. The Morgan fingerprint density at radius 1 is 1.14 bits per heavy atom. The second kappa shape index (κ2) is 7.89. The number of hydrogen-bond acceptors (Lipinski definition) is 2. The van der Waals surface area contributed by atoms with Gasteiger partial charge in [-0.3, -0.25) is 4.79 Å². The summed E-state index contributed by atoms with van der Waals surface area (Å²) in [7, 11) is 0. The van der Waals surface area contributed by atoms with Gasteiger partial charge in [0.05, 0.1) is 19.6 Å². The Morgan fingerprint density at radius 2 is 1.89 bits per heavy atom. The fourth-order valence-corrected chi connectivity index (χ4v) is 3.76. The van der Waals surface area contributed by atoms with Gasteiger partial charge in [0.1, 0.15) is 11.9 Å². The molecule has 0 aliphatic carbocycles. The zero-order valence-electron chi connectivity index (χ0n) is 16.4. The molecule has 2 heterocycles. The summed E-state index contributed by atoms with van der Waals surface area (Å²) < 4.78 is 9.88. The summed E-state index contributed by atoms with van der Waals surface area (Å²) in [5.41, 5.74) is 4.41. The normalized spacial score (nSPS) is 12.6. The van der Waals surface area contributed by atoms with E-state index in [9.17, 15) is 4.79 Å². The Labute approximate surface area is 165 Å². The number of carbonyl (C=O) groups excluding carboxylic acids is 1. The van der Waals surface area contributed by atoms with Crippen molar-refractivity contribution in [1.82, 2.24) is 4.57 Å². The van der Waals surface area contributed by atoms with Crippen molar-refractivity contribution in [1.29, 1.82) is 0 Å². The smallest absolute Gasteiger partial charge is 0.266 e. The highest BCUT2D eigenvalue weighted by Crippen LogP contribution is 2.25. The molecule has 5 heteroatoms. The molecule has 0 fully saturated rings. The average Bonchev–Trinajstić information content (AvgIpc) is 3.28. The van der Waals surface area contributed by atoms with Gasteiger partial charge >= 0.3 is 0 Å². The number of aromatic nitrogens is 2. The van der Waals surface area contributed by atoms with Crippen LogP contribution in [0.5, 0.6) is 5.75 Å². The molecule has 0 saturated heterocycles. The first-order valence-electron chi connectivity index (χ1n) is 9.85. The first-order valence-corrected chi connectivity index (χ1v) is 9.85. The molecule has 0 spiro atoms. The number of nitrogens with one attached hydrogen (secondary N) is 1. The van der Waals surface area contributed by atoms with Crippen LogP contribution >= 0.6 is 0 Å². The fraction of sp³-hybridized carbons (Fsp3) is 0.304. The van der Waals surface area contributed by atoms with Gasteiger partial charge in [0.15, 0.2) is 12.2 Å². The van der Waals surface area contributed by atoms with Crippen molar-refractivity contribution in [2.45, 2.75) is 39.8 Å². The lowest BCUT2D eigenvalue weighted by atomic mass is 10.1. The number of benzene rings is 2. The van der Waals surface area contributed by atoms with Crippen LogP contribution < -0.4 is 14.6 Å².